The summed E-state index contributed by atoms with van der Waals surface area (Å²) in [5.41, 5.74) is 0.225. The number of phenolic OH excluding ortho intramolecular Hbond substituents is 1. The Kier molecular flexibility index (Phi) is 5.63. The van der Waals surface area contributed by atoms with Gasteiger partial charge in [0.1, 0.15) is 11.5 Å². The lowest BCUT2D eigenvalue weighted by Gasteiger charge is -2.21. The highest BCUT2D eigenvalue weighted by molar-refractivity contribution is 5.97. The molecule has 0 saturated heterocycles. The van der Waals surface area contributed by atoms with Gasteiger partial charge in [0.15, 0.2) is 0 Å². The van der Waals surface area contributed by atoms with Gasteiger partial charge in [-0.05, 0) is 18.1 Å². The van der Waals surface area contributed by atoms with Crippen LogP contribution in [0.15, 0.2) is 18.2 Å². The number of ether oxygens (including phenoxy) is 2. The molecule has 0 heterocycles. The molecule has 1 rings (SSSR count). The lowest BCUT2D eigenvalue weighted by molar-refractivity contribution is 0.0864. The van der Waals surface area contributed by atoms with E-state index in [4.69, 9.17) is 9.47 Å². The van der Waals surface area contributed by atoms with E-state index in [0.29, 0.717) is 12.4 Å². The van der Waals surface area contributed by atoms with Gasteiger partial charge in [-0.2, -0.15) is 0 Å². The minimum atomic E-state index is -0.323. The summed E-state index contributed by atoms with van der Waals surface area (Å²) in [6.07, 6.45) is 0. The van der Waals surface area contributed by atoms with E-state index in [2.05, 4.69) is 5.32 Å². The van der Waals surface area contributed by atoms with Crippen molar-refractivity contribution in [3.05, 3.63) is 23.8 Å². The highest BCUT2D eigenvalue weighted by atomic mass is 16.5. The first-order chi connectivity index (χ1) is 8.99. The van der Waals surface area contributed by atoms with Crippen molar-refractivity contribution in [2.75, 3.05) is 20.8 Å². The molecule has 2 N–H and O–H groups in total. The third-order valence-corrected chi connectivity index (χ3v) is 2.92. The molecule has 106 valence electrons. The van der Waals surface area contributed by atoms with Crippen molar-refractivity contribution in [2.24, 2.45) is 5.92 Å². The van der Waals surface area contributed by atoms with Crippen molar-refractivity contribution in [1.29, 1.82) is 0 Å². The van der Waals surface area contributed by atoms with Crippen LogP contribution in [0.2, 0.25) is 0 Å². The topological polar surface area (TPSA) is 67.8 Å². The molecule has 5 heteroatoms. The molecule has 0 aliphatic rings. The fourth-order valence-electron chi connectivity index (χ4n) is 1.66. The smallest absolute Gasteiger partial charge is 0.255 e. The molecule has 1 aromatic rings. The lowest BCUT2D eigenvalue weighted by Crippen LogP contribution is -2.41. The summed E-state index contributed by atoms with van der Waals surface area (Å²) in [5.74, 6) is 0.323. The molecule has 1 aromatic carbocycles. The Morgan fingerprint density at radius 1 is 1.37 bits per heavy atom. The Morgan fingerprint density at radius 3 is 2.53 bits per heavy atom. The second-order valence-corrected chi connectivity index (χ2v) is 4.66. The molecule has 0 radical (unpaired) electrons. The van der Waals surface area contributed by atoms with Crippen molar-refractivity contribution in [3.8, 4) is 11.5 Å². The number of phenols is 1. The summed E-state index contributed by atoms with van der Waals surface area (Å²) in [7, 11) is 3.09. The number of hydrogen-bond donors (Lipinski definition) is 2. The van der Waals surface area contributed by atoms with Crippen LogP contribution in [0.5, 0.6) is 11.5 Å². The summed E-state index contributed by atoms with van der Waals surface area (Å²) in [5, 5.41) is 12.6. The molecule has 1 unspecified atom stereocenters. The normalized spacial score (nSPS) is 12.3. The molecule has 0 saturated carbocycles. The van der Waals surface area contributed by atoms with Crippen LogP contribution in [0.3, 0.4) is 0 Å². The van der Waals surface area contributed by atoms with Crippen LogP contribution in [-0.4, -0.2) is 37.9 Å². The Morgan fingerprint density at radius 2 is 2.05 bits per heavy atom. The summed E-state index contributed by atoms with van der Waals surface area (Å²) in [6.45, 7) is 4.43. The fourth-order valence-corrected chi connectivity index (χ4v) is 1.66. The van der Waals surface area contributed by atoms with Gasteiger partial charge in [0.05, 0.1) is 25.3 Å². The van der Waals surface area contributed by atoms with Gasteiger partial charge < -0.3 is 19.9 Å². The Bertz CT molecular complexity index is 431. The SMILES string of the molecule is COCC(NC(=O)c1ccc(OC)cc1O)C(C)C. The monoisotopic (exact) mass is 267 g/mol. The maximum Gasteiger partial charge on any atom is 0.255 e. The van der Waals surface area contributed by atoms with Gasteiger partial charge in [0, 0.05) is 13.2 Å². The molecule has 0 aliphatic heterocycles. The third kappa shape index (κ3) is 4.13. The zero-order valence-electron chi connectivity index (χ0n) is 11.8. The third-order valence-electron chi connectivity index (χ3n) is 2.92. The van der Waals surface area contributed by atoms with Crippen LogP contribution >= 0.6 is 0 Å². The second kappa shape index (κ2) is 6.99. The molecule has 0 bridgehead atoms. The zero-order chi connectivity index (χ0) is 14.4. The fraction of sp³-hybridized carbons (Fsp3) is 0.500. The van der Waals surface area contributed by atoms with E-state index in [1.54, 1.807) is 13.2 Å². The van der Waals surface area contributed by atoms with E-state index in [9.17, 15) is 9.90 Å². The van der Waals surface area contributed by atoms with Crippen molar-refractivity contribution in [1.82, 2.24) is 5.32 Å². The predicted octanol–water partition coefficient (Wildman–Crippen LogP) is 1.80. The Hall–Kier alpha value is -1.75. The minimum absolute atomic E-state index is 0.0981. The van der Waals surface area contributed by atoms with E-state index in [0.717, 1.165) is 0 Å². The summed E-state index contributed by atoms with van der Waals surface area (Å²) in [4.78, 5) is 12.1. The van der Waals surface area contributed by atoms with Gasteiger partial charge >= 0.3 is 0 Å². The van der Waals surface area contributed by atoms with Crippen molar-refractivity contribution in [2.45, 2.75) is 19.9 Å². The standard InChI is InChI=1S/C14H21NO4/c1-9(2)12(8-18-3)15-14(17)11-6-5-10(19-4)7-13(11)16/h5-7,9,12,16H,8H2,1-4H3,(H,15,17). The second-order valence-electron chi connectivity index (χ2n) is 4.66. The maximum absolute atomic E-state index is 12.1. The first-order valence-electron chi connectivity index (χ1n) is 6.16. The molecular formula is C14H21NO4. The average Bonchev–Trinajstić information content (AvgIpc) is 2.37. The molecular weight excluding hydrogens is 246 g/mol. The molecule has 1 atom stereocenters. The number of nitrogens with one attached hydrogen (secondary N) is 1. The predicted molar refractivity (Wildman–Crippen MR) is 72.6 cm³/mol. The van der Waals surface area contributed by atoms with Gasteiger partial charge in [0.2, 0.25) is 0 Å². The minimum Gasteiger partial charge on any atom is -0.507 e. The number of methoxy groups -OCH3 is 2. The van der Waals surface area contributed by atoms with Crippen LogP contribution in [0.1, 0.15) is 24.2 Å². The lowest BCUT2D eigenvalue weighted by atomic mass is 10.0. The highest BCUT2D eigenvalue weighted by Crippen LogP contribution is 2.23. The highest BCUT2D eigenvalue weighted by Gasteiger charge is 2.19. The zero-order valence-corrected chi connectivity index (χ0v) is 11.8. The largest absolute Gasteiger partial charge is 0.507 e. The quantitative estimate of drug-likeness (QED) is 0.824. The maximum atomic E-state index is 12.1. The number of benzene rings is 1. The summed E-state index contributed by atoms with van der Waals surface area (Å²) < 4.78 is 10.0. The summed E-state index contributed by atoms with van der Waals surface area (Å²) in [6, 6.07) is 4.48. The number of carbonyl (C=O) groups excluding carboxylic acids is 1. The molecule has 0 aliphatic carbocycles. The van der Waals surface area contributed by atoms with Crippen molar-refractivity contribution < 1.29 is 19.4 Å². The first-order valence-corrected chi connectivity index (χ1v) is 6.16. The van der Waals surface area contributed by atoms with E-state index < -0.39 is 0 Å². The summed E-state index contributed by atoms with van der Waals surface area (Å²) >= 11 is 0. The van der Waals surface area contributed by atoms with Gasteiger partial charge in [0.25, 0.3) is 5.91 Å². The number of rotatable bonds is 6. The van der Waals surface area contributed by atoms with Crippen LogP contribution < -0.4 is 10.1 Å². The molecule has 0 spiro atoms. The van der Waals surface area contributed by atoms with Gasteiger partial charge in [-0.25, -0.2) is 0 Å². The van der Waals surface area contributed by atoms with E-state index >= 15 is 0 Å². The number of carbonyl (C=O) groups is 1. The van der Waals surface area contributed by atoms with Crippen LogP contribution in [0.25, 0.3) is 0 Å². The Balaban J connectivity index is 2.82. The molecule has 1 amide bonds. The van der Waals surface area contributed by atoms with E-state index in [1.165, 1.54) is 19.2 Å². The van der Waals surface area contributed by atoms with Crippen LogP contribution in [0, 0.1) is 5.92 Å². The number of amides is 1. The number of hydrogen-bond acceptors (Lipinski definition) is 4. The van der Waals surface area contributed by atoms with E-state index in [1.807, 2.05) is 13.8 Å². The molecule has 5 nitrogen and oxygen atoms in total. The first kappa shape index (κ1) is 15.3. The van der Waals surface area contributed by atoms with Crippen molar-refractivity contribution >= 4 is 5.91 Å². The van der Waals surface area contributed by atoms with Crippen molar-refractivity contribution in [3.63, 3.8) is 0 Å². The van der Waals surface area contributed by atoms with Gasteiger partial charge in [-0.1, -0.05) is 13.8 Å². The van der Waals surface area contributed by atoms with E-state index in [-0.39, 0.29) is 29.2 Å². The van der Waals surface area contributed by atoms with Gasteiger partial charge in [-0.15, -0.1) is 0 Å². The van der Waals surface area contributed by atoms with Gasteiger partial charge in [-0.3, -0.25) is 4.79 Å². The molecule has 0 aromatic heterocycles. The molecule has 0 fully saturated rings. The average molecular weight is 267 g/mol. The number of aromatic hydroxyl groups is 1. The van der Waals surface area contributed by atoms with Crippen LogP contribution in [0.4, 0.5) is 0 Å². The van der Waals surface area contributed by atoms with Crippen LogP contribution in [-0.2, 0) is 4.74 Å². The molecule has 19 heavy (non-hydrogen) atoms. The Labute approximate surface area is 113 Å².